The van der Waals surface area contributed by atoms with Crippen molar-refractivity contribution in [3.05, 3.63) is 59.2 Å². The summed E-state index contributed by atoms with van der Waals surface area (Å²) in [6, 6.07) is 13.2. The van der Waals surface area contributed by atoms with Crippen LogP contribution in [0.2, 0.25) is 0 Å². The number of methoxy groups -OCH3 is 1. The van der Waals surface area contributed by atoms with E-state index in [9.17, 15) is 9.59 Å². The van der Waals surface area contributed by atoms with Crippen LogP contribution >= 0.6 is 0 Å². The number of nitrogens with one attached hydrogen (secondary N) is 1. The van der Waals surface area contributed by atoms with Crippen molar-refractivity contribution in [1.29, 1.82) is 0 Å². The maximum Gasteiger partial charge on any atom is 0.337 e. The van der Waals surface area contributed by atoms with Gasteiger partial charge in [-0.3, -0.25) is 0 Å². The number of hydrogen-bond acceptors (Lipinski definition) is 4. The molecule has 0 spiro atoms. The lowest BCUT2D eigenvalue weighted by molar-refractivity contribution is 0.0600. The Kier molecular flexibility index (Phi) is 5.64. The van der Waals surface area contributed by atoms with Gasteiger partial charge in [0, 0.05) is 37.6 Å². The Morgan fingerprint density at radius 1 is 0.963 bits per heavy atom. The van der Waals surface area contributed by atoms with Crippen LogP contribution in [0.25, 0.3) is 0 Å². The standard InChI is InChI=1S/C21H25N3O3/c1-15-5-4-6-19(16(15)2)22-21(26)24-13-11-23(12-14-24)18-9-7-17(8-10-18)20(25)27-3/h4-10H,11-14H2,1-3H3,(H,22,26). The molecule has 1 aliphatic heterocycles. The van der Waals surface area contributed by atoms with Crippen molar-refractivity contribution in [3.8, 4) is 0 Å². The van der Waals surface area contributed by atoms with Crippen LogP contribution in [0.3, 0.4) is 0 Å². The highest BCUT2D eigenvalue weighted by Crippen LogP contribution is 2.20. The fourth-order valence-electron chi connectivity index (χ4n) is 3.17. The van der Waals surface area contributed by atoms with E-state index in [1.165, 1.54) is 7.11 Å². The molecule has 0 aromatic heterocycles. The predicted molar refractivity (Wildman–Crippen MR) is 107 cm³/mol. The van der Waals surface area contributed by atoms with E-state index < -0.39 is 0 Å². The van der Waals surface area contributed by atoms with Gasteiger partial charge in [0.1, 0.15) is 0 Å². The summed E-state index contributed by atoms with van der Waals surface area (Å²) in [4.78, 5) is 28.1. The number of nitrogens with zero attached hydrogens (tertiary/aromatic N) is 2. The number of benzene rings is 2. The Balaban J connectivity index is 1.57. The van der Waals surface area contributed by atoms with Crippen LogP contribution in [0.5, 0.6) is 0 Å². The van der Waals surface area contributed by atoms with Crippen molar-refractivity contribution in [2.75, 3.05) is 43.5 Å². The van der Waals surface area contributed by atoms with Crippen molar-refractivity contribution in [1.82, 2.24) is 4.90 Å². The summed E-state index contributed by atoms with van der Waals surface area (Å²) in [5.41, 5.74) is 4.69. The maximum atomic E-state index is 12.6. The van der Waals surface area contributed by atoms with Gasteiger partial charge in [-0.25, -0.2) is 9.59 Å². The lowest BCUT2D eigenvalue weighted by Gasteiger charge is -2.36. The number of hydrogen-bond donors (Lipinski definition) is 1. The number of carbonyl (C=O) groups is 2. The zero-order valence-electron chi connectivity index (χ0n) is 16.0. The number of piperazine rings is 1. The van der Waals surface area contributed by atoms with E-state index in [-0.39, 0.29) is 12.0 Å². The normalized spacial score (nSPS) is 14.0. The van der Waals surface area contributed by atoms with Crippen molar-refractivity contribution >= 4 is 23.4 Å². The molecule has 0 atom stereocenters. The Morgan fingerprint density at radius 2 is 1.63 bits per heavy atom. The number of ether oxygens (including phenoxy) is 1. The van der Waals surface area contributed by atoms with Crippen LogP contribution in [0.15, 0.2) is 42.5 Å². The molecule has 0 bridgehead atoms. The summed E-state index contributed by atoms with van der Waals surface area (Å²) < 4.78 is 4.72. The van der Waals surface area contributed by atoms with E-state index in [1.807, 2.05) is 49.1 Å². The minimum absolute atomic E-state index is 0.0654. The fourth-order valence-corrected chi connectivity index (χ4v) is 3.17. The molecular formula is C21H25N3O3. The monoisotopic (exact) mass is 367 g/mol. The lowest BCUT2D eigenvalue weighted by Crippen LogP contribution is -2.50. The maximum absolute atomic E-state index is 12.6. The van der Waals surface area contributed by atoms with Crippen molar-refractivity contribution in [2.45, 2.75) is 13.8 Å². The molecule has 142 valence electrons. The zero-order chi connectivity index (χ0) is 19.4. The average Bonchev–Trinajstić information content (AvgIpc) is 2.71. The largest absolute Gasteiger partial charge is 0.465 e. The minimum atomic E-state index is -0.338. The van der Waals surface area contributed by atoms with Crippen LogP contribution in [-0.2, 0) is 4.74 Å². The third kappa shape index (κ3) is 4.22. The fraction of sp³-hybridized carbons (Fsp3) is 0.333. The first-order chi connectivity index (χ1) is 13.0. The number of aryl methyl sites for hydroxylation is 1. The van der Waals surface area contributed by atoms with Crippen LogP contribution in [-0.4, -0.2) is 50.2 Å². The van der Waals surface area contributed by atoms with Crippen molar-refractivity contribution in [2.24, 2.45) is 0 Å². The van der Waals surface area contributed by atoms with Gasteiger partial charge in [-0.05, 0) is 55.3 Å². The van der Waals surface area contributed by atoms with Gasteiger partial charge in [0.25, 0.3) is 0 Å². The van der Waals surface area contributed by atoms with Gasteiger partial charge in [-0.1, -0.05) is 12.1 Å². The minimum Gasteiger partial charge on any atom is -0.465 e. The molecule has 2 amide bonds. The molecule has 2 aromatic rings. The summed E-state index contributed by atoms with van der Waals surface area (Å²) >= 11 is 0. The molecule has 2 aromatic carbocycles. The molecule has 0 radical (unpaired) electrons. The molecule has 1 aliphatic rings. The van der Waals surface area contributed by atoms with E-state index in [4.69, 9.17) is 4.74 Å². The van der Waals surface area contributed by atoms with Crippen LogP contribution < -0.4 is 10.2 Å². The zero-order valence-corrected chi connectivity index (χ0v) is 16.0. The van der Waals surface area contributed by atoms with Gasteiger partial charge in [0.2, 0.25) is 0 Å². The van der Waals surface area contributed by atoms with E-state index >= 15 is 0 Å². The summed E-state index contributed by atoms with van der Waals surface area (Å²) in [6.45, 7) is 6.84. The van der Waals surface area contributed by atoms with E-state index in [1.54, 1.807) is 12.1 Å². The van der Waals surface area contributed by atoms with Gasteiger partial charge < -0.3 is 19.9 Å². The first-order valence-corrected chi connectivity index (χ1v) is 9.05. The van der Waals surface area contributed by atoms with Gasteiger partial charge >= 0.3 is 12.0 Å². The quantitative estimate of drug-likeness (QED) is 0.844. The Labute approximate surface area is 159 Å². The molecule has 6 nitrogen and oxygen atoms in total. The highest BCUT2D eigenvalue weighted by atomic mass is 16.5. The molecule has 6 heteroatoms. The molecule has 0 aliphatic carbocycles. The third-order valence-electron chi connectivity index (χ3n) is 5.07. The Hall–Kier alpha value is -3.02. The molecule has 0 unspecified atom stereocenters. The van der Waals surface area contributed by atoms with Gasteiger partial charge in [-0.2, -0.15) is 0 Å². The summed E-state index contributed by atoms with van der Waals surface area (Å²) in [7, 11) is 1.37. The second-order valence-electron chi connectivity index (χ2n) is 6.69. The third-order valence-corrected chi connectivity index (χ3v) is 5.07. The highest BCUT2D eigenvalue weighted by molar-refractivity contribution is 5.91. The summed E-state index contributed by atoms with van der Waals surface area (Å²) in [5, 5.41) is 3.02. The predicted octanol–water partition coefficient (Wildman–Crippen LogP) is 3.44. The van der Waals surface area contributed by atoms with Crippen molar-refractivity contribution < 1.29 is 14.3 Å². The van der Waals surface area contributed by atoms with Gasteiger partial charge in [0.15, 0.2) is 0 Å². The topological polar surface area (TPSA) is 61.9 Å². The smallest absolute Gasteiger partial charge is 0.337 e. The second-order valence-corrected chi connectivity index (χ2v) is 6.69. The van der Waals surface area contributed by atoms with Gasteiger partial charge in [-0.15, -0.1) is 0 Å². The Morgan fingerprint density at radius 3 is 2.26 bits per heavy atom. The van der Waals surface area contributed by atoms with Crippen molar-refractivity contribution in [3.63, 3.8) is 0 Å². The molecule has 27 heavy (non-hydrogen) atoms. The van der Waals surface area contributed by atoms with Crippen LogP contribution in [0.4, 0.5) is 16.2 Å². The molecule has 0 saturated carbocycles. The van der Waals surface area contributed by atoms with Gasteiger partial charge in [0.05, 0.1) is 12.7 Å². The van der Waals surface area contributed by atoms with E-state index in [0.717, 1.165) is 35.6 Å². The first kappa shape index (κ1) is 18.8. The average molecular weight is 367 g/mol. The Bertz CT molecular complexity index is 825. The number of carbonyl (C=O) groups excluding carboxylic acids is 2. The number of rotatable bonds is 3. The molecular weight excluding hydrogens is 342 g/mol. The lowest BCUT2D eigenvalue weighted by atomic mass is 10.1. The summed E-state index contributed by atoms with van der Waals surface area (Å²) in [6.07, 6.45) is 0. The number of amides is 2. The molecule has 1 N–H and O–H groups in total. The SMILES string of the molecule is COC(=O)c1ccc(N2CCN(C(=O)Nc3cccc(C)c3C)CC2)cc1. The van der Waals surface area contributed by atoms with Crippen LogP contribution in [0.1, 0.15) is 21.5 Å². The number of anilines is 2. The van der Waals surface area contributed by atoms with E-state index in [0.29, 0.717) is 18.7 Å². The summed E-state index contributed by atoms with van der Waals surface area (Å²) in [5.74, 6) is -0.338. The molecule has 1 fully saturated rings. The number of urea groups is 1. The highest BCUT2D eigenvalue weighted by Gasteiger charge is 2.22. The molecule has 1 heterocycles. The second kappa shape index (κ2) is 8.12. The first-order valence-electron chi connectivity index (χ1n) is 9.05. The van der Waals surface area contributed by atoms with Crippen LogP contribution in [0, 0.1) is 13.8 Å². The molecule has 3 rings (SSSR count). The molecule has 1 saturated heterocycles. The number of esters is 1. The van der Waals surface area contributed by atoms with E-state index in [2.05, 4.69) is 10.2 Å².